The number of ketones is 1. The van der Waals surface area contributed by atoms with Crippen molar-refractivity contribution in [1.82, 2.24) is 9.78 Å². The fourth-order valence-corrected chi connectivity index (χ4v) is 2.99. The quantitative estimate of drug-likeness (QED) is 0.806. The fraction of sp³-hybridized carbons (Fsp3) is 0.385. The van der Waals surface area contributed by atoms with Gasteiger partial charge in [-0.15, -0.1) is 0 Å². The zero-order chi connectivity index (χ0) is 11.8. The van der Waals surface area contributed by atoms with Gasteiger partial charge in [-0.25, -0.2) is 0 Å². The number of rotatable bonds is 1. The first-order valence-corrected chi connectivity index (χ1v) is 6.68. The van der Waals surface area contributed by atoms with E-state index in [1.165, 1.54) is 0 Å². The topological polar surface area (TPSA) is 34.9 Å². The molecule has 17 heavy (non-hydrogen) atoms. The van der Waals surface area contributed by atoms with Gasteiger partial charge in [0.2, 0.25) is 0 Å². The number of fused-ring (bicyclic) bond motifs is 1. The highest BCUT2D eigenvalue weighted by Crippen LogP contribution is 2.31. The predicted molar refractivity (Wildman–Crippen MR) is 69.9 cm³/mol. The van der Waals surface area contributed by atoms with Crippen molar-refractivity contribution in [1.29, 1.82) is 0 Å². The molecular weight excluding hydrogens is 280 g/mol. The van der Waals surface area contributed by atoms with Crippen LogP contribution in [0.25, 0.3) is 10.9 Å². The van der Waals surface area contributed by atoms with Crippen molar-refractivity contribution in [2.45, 2.75) is 31.7 Å². The minimum absolute atomic E-state index is 0.239. The van der Waals surface area contributed by atoms with Crippen LogP contribution in [0.1, 0.15) is 31.7 Å². The van der Waals surface area contributed by atoms with Gasteiger partial charge in [-0.05, 0) is 25.0 Å². The van der Waals surface area contributed by atoms with Crippen LogP contribution in [0.3, 0.4) is 0 Å². The minimum Gasteiger partial charge on any atom is -0.300 e. The third-order valence-corrected chi connectivity index (χ3v) is 4.08. The second-order valence-corrected chi connectivity index (χ2v) is 5.40. The lowest BCUT2D eigenvalue weighted by molar-refractivity contribution is -0.121. The zero-order valence-corrected chi connectivity index (χ0v) is 11.0. The van der Waals surface area contributed by atoms with E-state index in [2.05, 4.69) is 27.1 Å². The number of benzene rings is 1. The Labute approximate surface area is 108 Å². The smallest absolute Gasteiger partial charge is 0.135 e. The Morgan fingerprint density at radius 2 is 2.29 bits per heavy atom. The van der Waals surface area contributed by atoms with Gasteiger partial charge in [0.05, 0.1) is 17.8 Å². The molecule has 1 atom stereocenters. The first-order chi connectivity index (χ1) is 8.25. The molecule has 0 aliphatic heterocycles. The Balaban J connectivity index is 2.05. The summed E-state index contributed by atoms with van der Waals surface area (Å²) in [5.74, 6) is 0.361. The number of hydrogen-bond donors (Lipinski definition) is 0. The third kappa shape index (κ3) is 1.90. The molecule has 0 spiro atoms. The molecule has 1 aromatic carbocycles. The van der Waals surface area contributed by atoms with E-state index in [4.69, 9.17) is 0 Å². The van der Waals surface area contributed by atoms with Gasteiger partial charge >= 0.3 is 0 Å². The average molecular weight is 293 g/mol. The molecule has 0 bridgehead atoms. The number of carbonyl (C=O) groups excluding carboxylic acids is 1. The summed E-state index contributed by atoms with van der Waals surface area (Å²) in [6.45, 7) is 0. The minimum atomic E-state index is 0.239. The van der Waals surface area contributed by atoms with Crippen LogP contribution in [0, 0.1) is 0 Å². The second kappa shape index (κ2) is 4.26. The Hall–Kier alpha value is -1.16. The Kier molecular flexibility index (Phi) is 2.74. The highest BCUT2D eigenvalue weighted by Gasteiger charge is 2.22. The van der Waals surface area contributed by atoms with E-state index in [0.29, 0.717) is 12.2 Å². The van der Waals surface area contributed by atoms with Crippen molar-refractivity contribution < 1.29 is 4.79 Å². The van der Waals surface area contributed by atoms with Gasteiger partial charge in [0.25, 0.3) is 0 Å². The predicted octanol–water partition coefficient (Wildman–Crippen LogP) is 3.48. The van der Waals surface area contributed by atoms with Crippen LogP contribution in [0.2, 0.25) is 0 Å². The molecule has 0 amide bonds. The highest BCUT2D eigenvalue weighted by atomic mass is 79.9. The standard InChI is InChI=1S/C13H13BrN2O/c14-12-5-2-6-13-11(12)8-15-16(13)9-3-1-4-10(17)7-9/h2,5-6,8-9H,1,3-4,7H2. The first kappa shape index (κ1) is 11.0. The van der Waals surface area contributed by atoms with E-state index in [1.54, 1.807) is 0 Å². The van der Waals surface area contributed by atoms with Gasteiger partial charge in [0.1, 0.15) is 5.78 Å². The monoisotopic (exact) mass is 292 g/mol. The summed E-state index contributed by atoms with van der Waals surface area (Å²) in [4.78, 5) is 11.5. The van der Waals surface area contributed by atoms with Gasteiger partial charge in [-0.2, -0.15) is 5.10 Å². The lowest BCUT2D eigenvalue weighted by Crippen LogP contribution is -2.19. The third-order valence-electron chi connectivity index (χ3n) is 3.39. The number of hydrogen-bond acceptors (Lipinski definition) is 2. The van der Waals surface area contributed by atoms with Crippen molar-refractivity contribution >= 4 is 32.6 Å². The van der Waals surface area contributed by atoms with E-state index in [1.807, 2.05) is 23.0 Å². The summed E-state index contributed by atoms with van der Waals surface area (Å²) < 4.78 is 3.07. The van der Waals surface area contributed by atoms with Gasteiger partial charge in [-0.3, -0.25) is 9.48 Å². The van der Waals surface area contributed by atoms with Gasteiger partial charge < -0.3 is 0 Å². The van der Waals surface area contributed by atoms with Crippen LogP contribution in [0.15, 0.2) is 28.9 Å². The Morgan fingerprint density at radius 1 is 1.41 bits per heavy atom. The molecule has 1 heterocycles. The van der Waals surface area contributed by atoms with E-state index < -0.39 is 0 Å². The summed E-state index contributed by atoms with van der Waals surface area (Å²) in [6, 6.07) is 6.32. The second-order valence-electron chi connectivity index (χ2n) is 4.55. The lowest BCUT2D eigenvalue weighted by Gasteiger charge is -2.21. The molecule has 1 unspecified atom stereocenters. The Morgan fingerprint density at radius 3 is 3.12 bits per heavy atom. The number of carbonyl (C=O) groups is 1. The number of nitrogens with zero attached hydrogens (tertiary/aromatic N) is 2. The maximum Gasteiger partial charge on any atom is 0.135 e. The van der Waals surface area contributed by atoms with E-state index in [-0.39, 0.29) is 6.04 Å². The van der Waals surface area contributed by atoms with E-state index in [9.17, 15) is 4.79 Å². The number of halogens is 1. The van der Waals surface area contributed by atoms with Crippen molar-refractivity contribution in [2.24, 2.45) is 0 Å². The van der Waals surface area contributed by atoms with E-state index in [0.717, 1.165) is 34.6 Å². The van der Waals surface area contributed by atoms with Gasteiger partial charge in [0, 0.05) is 22.7 Å². The summed E-state index contributed by atoms with van der Waals surface area (Å²) in [5, 5.41) is 5.56. The van der Waals surface area contributed by atoms with Crippen LogP contribution in [0.4, 0.5) is 0 Å². The maximum atomic E-state index is 11.5. The number of Topliss-reactive ketones (excluding diaryl/α,β-unsaturated/α-hetero) is 1. The van der Waals surface area contributed by atoms with Crippen LogP contribution < -0.4 is 0 Å². The highest BCUT2D eigenvalue weighted by molar-refractivity contribution is 9.10. The molecule has 1 aliphatic carbocycles. The Bertz CT molecular complexity index is 576. The van der Waals surface area contributed by atoms with Crippen molar-refractivity contribution in [2.75, 3.05) is 0 Å². The van der Waals surface area contributed by atoms with Crippen molar-refractivity contribution in [3.05, 3.63) is 28.9 Å². The molecule has 0 radical (unpaired) electrons. The van der Waals surface area contributed by atoms with Gasteiger partial charge in [0.15, 0.2) is 0 Å². The summed E-state index contributed by atoms with van der Waals surface area (Å²) in [6.07, 6.45) is 5.27. The molecule has 2 aromatic rings. The average Bonchev–Trinajstić information content (AvgIpc) is 2.74. The SMILES string of the molecule is O=C1CCCC(n2ncc3c(Br)cccc32)C1. The summed E-state index contributed by atoms with van der Waals surface area (Å²) in [5.41, 5.74) is 1.11. The molecule has 88 valence electrons. The molecule has 1 fully saturated rings. The molecule has 1 aliphatic rings. The molecule has 1 saturated carbocycles. The largest absolute Gasteiger partial charge is 0.300 e. The molecule has 0 N–H and O–H groups in total. The van der Waals surface area contributed by atoms with Crippen LogP contribution in [-0.2, 0) is 4.79 Å². The molecule has 4 heteroatoms. The zero-order valence-electron chi connectivity index (χ0n) is 9.40. The molecular formula is C13H13BrN2O. The van der Waals surface area contributed by atoms with Gasteiger partial charge in [-0.1, -0.05) is 22.0 Å². The molecule has 3 nitrogen and oxygen atoms in total. The number of aromatic nitrogens is 2. The van der Waals surface area contributed by atoms with Crippen molar-refractivity contribution in [3.8, 4) is 0 Å². The maximum absolute atomic E-state index is 11.5. The first-order valence-electron chi connectivity index (χ1n) is 5.89. The lowest BCUT2D eigenvalue weighted by atomic mass is 9.94. The summed E-state index contributed by atoms with van der Waals surface area (Å²) >= 11 is 3.53. The van der Waals surface area contributed by atoms with E-state index >= 15 is 0 Å². The van der Waals surface area contributed by atoms with Crippen LogP contribution in [-0.4, -0.2) is 15.6 Å². The summed E-state index contributed by atoms with van der Waals surface area (Å²) in [7, 11) is 0. The van der Waals surface area contributed by atoms with Crippen LogP contribution in [0.5, 0.6) is 0 Å². The molecule has 1 aromatic heterocycles. The molecule has 0 saturated heterocycles. The molecule has 3 rings (SSSR count). The van der Waals surface area contributed by atoms with Crippen molar-refractivity contribution in [3.63, 3.8) is 0 Å². The fourth-order valence-electron chi connectivity index (χ4n) is 2.54. The normalized spacial score (nSPS) is 21.0. The van der Waals surface area contributed by atoms with Crippen LogP contribution >= 0.6 is 15.9 Å².